The van der Waals surface area contributed by atoms with Crippen molar-refractivity contribution in [2.24, 2.45) is 0 Å². The Kier molecular flexibility index (Phi) is 7.82. The van der Waals surface area contributed by atoms with Crippen LogP contribution >= 0.6 is 0 Å². The van der Waals surface area contributed by atoms with Gasteiger partial charge in [0.15, 0.2) is 0 Å². The van der Waals surface area contributed by atoms with Gasteiger partial charge in [0.2, 0.25) is 0 Å². The van der Waals surface area contributed by atoms with Gasteiger partial charge in [-0.3, -0.25) is 0 Å². The monoisotopic (exact) mass is 407 g/mol. The van der Waals surface area contributed by atoms with E-state index in [4.69, 9.17) is 9.47 Å². The molecule has 0 unspecified atom stereocenters. The standard InChI is InChI=1S/C21H18F3O5/c1-2-27-19(25)12-5-15-3-8-18(9-4-15)29-20(26)16-6-10-17(11-7-16)28-14-13-21(22,23)24/h3-12H,1-2,13-14H2/b12-5+. The summed E-state index contributed by atoms with van der Waals surface area (Å²) in [4.78, 5) is 23.4. The zero-order valence-corrected chi connectivity index (χ0v) is 15.3. The quantitative estimate of drug-likeness (QED) is 0.363. The first-order valence-electron chi connectivity index (χ1n) is 8.53. The second kappa shape index (κ2) is 10.3. The van der Waals surface area contributed by atoms with Gasteiger partial charge in [0.05, 0.1) is 25.2 Å². The molecule has 0 spiro atoms. The Labute approximate surface area is 165 Å². The summed E-state index contributed by atoms with van der Waals surface area (Å²) in [7, 11) is 0. The molecule has 2 aromatic carbocycles. The van der Waals surface area contributed by atoms with E-state index in [1.807, 2.05) is 0 Å². The van der Waals surface area contributed by atoms with E-state index in [0.717, 1.165) is 0 Å². The van der Waals surface area contributed by atoms with Gasteiger partial charge in [-0.1, -0.05) is 12.1 Å². The van der Waals surface area contributed by atoms with Gasteiger partial charge in [0.1, 0.15) is 11.5 Å². The molecule has 0 amide bonds. The molecular formula is C21H18F3O5. The van der Waals surface area contributed by atoms with Crippen molar-refractivity contribution < 1.29 is 37.0 Å². The Balaban J connectivity index is 1.88. The van der Waals surface area contributed by atoms with Crippen molar-refractivity contribution in [3.05, 3.63) is 72.7 Å². The predicted molar refractivity (Wildman–Crippen MR) is 99.4 cm³/mol. The van der Waals surface area contributed by atoms with Crippen LogP contribution in [0.1, 0.15) is 22.3 Å². The van der Waals surface area contributed by atoms with Crippen LogP contribution in [0.5, 0.6) is 11.5 Å². The minimum atomic E-state index is -4.29. The molecule has 0 aromatic heterocycles. The minimum Gasteiger partial charge on any atom is -0.493 e. The van der Waals surface area contributed by atoms with Crippen molar-refractivity contribution in [2.75, 3.05) is 13.2 Å². The third-order valence-electron chi connectivity index (χ3n) is 3.49. The van der Waals surface area contributed by atoms with E-state index in [1.165, 1.54) is 30.3 Å². The molecule has 5 nitrogen and oxygen atoms in total. The molecule has 0 heterocycles. The number of rotatable bonds is 8. The lowest BCUT2D eigenvalue weighted by molar-refractivity contribution is -0.139. The van der Waals surface area contributed by atoms with Gasteiger partial charge in [-0.25, -0.2) is 9.59 Å². The van der Waals surface area contributed by atoms with Crippen molar-refractivity contribution in [3.63, 3.8) is 0 Å². The van der Waals surface area contributed by atoms with Crippen LogP contribution in [0.15, 0.2) is 54.6 Å². The van der Waals surface area contributed by atoms with Crippen LogP contribution < -0.4 is 9.47 Å². The Morgan fingerprint density at radius 2 is 1.59 bits per heavy atom. The topological polar surface area (TPSA) is 61.8 Å². The molecule has 1 radical (unpaired) electrons. The summed E-state index contributed by atoms with van der Waals surface area (Å²) in [5.74, 6) is -0.632. The van der Waals surface area contributed by atoms with Crippen LogP contribution in [-0.2, 0) is 9.53 Å². The fourth-order valence-electron chi connectivity index (χ4n) is 2.10. The van der Waals surface area contributed by atoms with E-state index in [-0.39, 0.29) is 23.7 Å². The summed E-state index contributed by atoms with van der Waals surface area (Å²) in [5.41, 5.74) is 0.916. The predicted octanol–water partition coefficient (Wildman–Crippen LogP) is 4.63. The van der Waals surface area contributed by atoms with E-state index >= 15 is 0 Å². The fraction of sp³-hybridized carbons (Fsp3) is 0.190. The molecule has 2 aromatic rings. The van der Waals surface area contributed by atoms with E-state index in [1.54, 1.807) is 30.3 Å². The SMILES string of the molecule is [CH2]COC(=O)/C=C/c1ccc(OC(=O)c2ccc(OCCC(F)(F)F)cc2)cc1. The molecule has 0 saturated heterocycles. The third kappa shape index (κ3) is 8.08. The van der Waals surface area contributed by atoms with Gasteiger partial charge in [-0.05, 0) is 55.0 Å². The summed E-state index contributed by atoms with van der Waals surface area (Å²) in [6, 6.07) is 12.0. The van der Waals surface area contributed by atoms with Crippen molar-refractivity contribution in [2.45, 2.75) is 12.6 Å². The van der Waals surface area contributed by atoms with Crippen molar-refractivity contribution in [1.82, 2.24) is 0 Å². The summed E-state index contributed by atoms with van der Waals surface area (Å²) in [6.45, 7) is 2.94. The molecule has 29 heavy (non-hydrogen) atoms. The molecule has 8 heteroatoms. The summed E-state index contributed by atoms with van der Waals surface area (Å²) < 4.78 is 51.2. The Morgan fingerprint density at radius 1 is 0.966 bits per heavy atom. The molecule has 2 rings (SSSR count). The van der Waals surface area contributed by atoms with Gasteiger partial charge in [0.25, 0.3) is 0 Å². The number of carbonyl (C=O) groups excluding carboxylic acids is 2. The Bertz CT molecular complexity index is 840. The zero-order valence-electron chi connectivity index (χ0n) is 15.3. The molecule has 0 N–H and O–H groups in total. The van der Waals surface area contributed by atoms with Crippen molar-refractivity contribution >= 4 is 18.0 Å². The average Bonchev–Trinajstić information content (AvgIpc) is 2.67. The summed E-state index contributed by atoms with van der Waals surface area (Å²) in [5, 5.41) is 0. The number of carbonyl (C=O) groups is 2. The summed E-state index contributed by atoms with van der Waals surface area (Å²) in [6.07, 6.45) is -2.55. The normalized spacial score (nSPS) is 11.3. The van der Waals surface area contributed by atoms with Gasteiger partial charge >= 0.3 is 18.1 Å². The lowest BCUT2D eigenvalue weighted by Gasteiger charge is -2.09. The van der Waals surface area contributed by atoms with Gasteiger partial charge in [-0.2, -0.15) is 13.2 Å². The molecule has 0 fully saturated rings. The smallest absolute Gasteiger partial charge is 0.392 e. The highest BCUT2D eigenvalue weighted by Gasteiger charge is 2.26. The Hall–Kier alpha value is -3.29. The lowest BCUT2D eigenvalue weighted by Crippen LogP contribution is -2.13. The third-order valence-corrected chi connectivity index (χ3v) is 3.49. The first kappa shape index (κ1) is 22.0. The average molecular weight is 407 g/mol. The second-order valence-electron chi connectivity index (χ2n) is 5.70. The second-order valence-corrected chi connectivity index (χ2v) is 5.70. The van der Waals surface area contributed by atoms with E-state index in [9.17, 15) is 22.8 Å². The van der Waals surface area contributed by atoms with Crippen LogP contribution in [0.25, 0.3) is 6.08 Å². The Morgan fingerprint density at radius 3 is 2.17 bits per heavy atom. The highest BCUT2D eigenvalue weighted by molar-refractivity contribution is 5.91. The maximum atomic E-state index is 12.1. The largest absolute Gasteiger partial charge is 0.493 e. The molecule has 0 bridgehead atoms. The first-order chi connectivity index (χ1) is 13.8. The molecule has 0 atom stereocenters. The van der Waals surface area contributed by atoms with Crippen LogP contribution in [0.2, 0.25) is 0 Å². The van der Waals surface area contributed by atoms with Gasteiger partial charge in [0, 0.05) is 6.08 Å². The van der Waals surface area contributed by atoms with Crippen LogP contribution in [0.4, 0.5) is 13.2 Å². The fourth-order valence-corrected chi connectivity index (χ4v) is 2.10. The van der Waals surface area contributed by atoms with E-state index in [2.05, 4.69) is 11.7 Å². The zero-order chi connectivity index (χ0) is 21.3. The molecule has 0 saturated carbocycles. The summed E-state index contributed by atoms with van der Waals surface area (Å²) >= 11 is 0. The maximum absolute atomic E-state index is 12.1. The van der Waals surface area contributed by atoms with Crippen LogP contribution in [0, 0.1) is 6.92 Å². The molecular weight excluding hydrogens is 389 g/mol. The number of hydrogen-bond donors (Lipinski definition) is 0. The first-order valence-corrected chi connectivity index (χ1v) is 8.53. The number of benzene rings is 2. The maximum Gasteiger partial charge on any atom is 0.392 e. The number of esters is 2. The highest BCUT2D eigenvalue weighted by Crippen LogP contribution is 2.21. The lowest BCUT2D eigenvalue weighted by atomic mass is 10.2. The van der Waals surface area contributed by atoms with Crippen molar-refractivity contribution in [1.29, 1.82) is 0 Å². The van der Waals surface area contributed by atoms with Crippen LogP contribution in [0.3, 0.4) is 0 Å². The molecule has 0 aliphatic heterocycles. The number of alkyl halides is 3. The molecule has 0 aliphatic rings. The van der Waals surface area contributed by atoms with E-state index < -0.39 is 31.1 Å². The van der Waals surface area contributed by atoms with Crippen molar-refractivity contribution in [3.8, 4) is 11.5 Å². The minimum absolute atomic E-state index is 0.0404. The van der Waals surface area contributed by atoms with E-state index in [0.29, 0.717) is 5.56 Å². The number of hydrogen-bond acceptors (Lipinski definition) is 5. The van der Waals surface area contributed by atoms with Gasteiger partial charge < -0.3 is 14.2 Å². The van der Waals surface area contributed by atoms with Gasteiger partial charge in [-0.15, -0.1) is 0 Å². The highest BCUT2D eigenvalue weighted by atomic mass is 19.4. The molecule has 0 aliphatic carbocycles. The molecule has 153 valence electrons. The van der Waals surface area contributed by atoms with Crippen LogP contribution in [-0.4, -0.2) is 31.3 Å². The number of ether oxygens (including phenoxy) is 3. The number of halogens is 3.